The zero-order chi connectivity index (χ0) is 13.0. The molecule has 0 atom stereocenters. The highest BCUT2D eigenvalue weighted by atomic mass is 16.5. The van der Waals surface area contributed by atoms with Gasteiger partial charge in [0.2, 0.25) is 5.91 Å². The van der Waals surface area contributed by atoms with Gasteiger partial charge in [-0.3, -0.25) is 9.89 Å². The van der Waals surface area contributed by atoms with Gasteiger partial charge in [0, 0.05) is 12.7 Å². The average Bonchev–Trinajstić information content (AvgIpc) is 2.76. The number of hydrogen-bond acceptors (Lipinski definition) is 4. The van der Waals surface area contributed by atoms with Gasteiger partial charge in [-0.15, -0.1) is 0 Å². The summed E-state index contributed by atoms with van der Waals surface area (Å²) in [6.07, 6.45) is 3.28. The number of rotatable bonds is 4. The molecule has 100 valence electrons. The number of piperidine rings is 1. The minimum Gasteiger partial charge on any atom is -0.384 e. The number of carbonyl (C=O) groups is 1. The van der Waals surface area contributed by atoms with Crippen LogP contribution in [-0.2, 0) is 9.53 Å². The first-order chi connectivity index (χ1) is 8.68. The quantitative estimate of drug-likeness (QED) is 0.736. The third kappa shape index (κ3) is 2.54. The molecule has 1 aliphatic heterocycles. The predicted octanol–water partition coefficient (Wildman–Crippen LogP) is 0.673. The molecule has 1 aromatic heterocycles. The molecule has 6 nitrogen and oxygen atoms in total. The van der Waals surface area contributed by atoms with Crippen LogP contribution in [0.15, 0.2) is 6.20 Å². The van der Waals surface area contributed by atoms with Gasteiger partial charge in [0.05, 0.1) is 18.2 Å². The van der Waals surface area contributed by atoms with E-state index in [-0.39, 0.29) is 5.91 Å². The second-order valence-corrected chi connectivity index (χ2v) is 4.85. The van der Waals surface area contributed by atoms with Gasteiger partial charge in [-0.1, -0.05) is 0 Å². The highest BCUT2D eigenvalue weighted by Crippen LogP contribution is 2.30. The average molecular weight is 252 g/mol. The number of aromatic nitrogens is 2. The standard InChI is InChI=1S/C12H20N4O2/c1-9-7-14-16-10(9)15-11(17)12(8-18-2)3-5-13-6-4-12/h7,13H,3-6,8H2,1-2H3,(H2,14,15,16,17). The fraction of sp³-hybridized carbons (Fsp3) is 0.667. The van der Waals surface area contributed by atoms with Gasteiger partial charge in [-0.25, -0.2) is 0 Å². The fourth-order valence-corrected chi connectivity index (χ4v) is 2.34. The monoisotopic (exact) mass is 252 g/mol. The van der Waals surface area contributed by atoms with Crippen molar-refractivity contribution < 1.29 is 9.53 Å². The second kappa shape index (κ2) is 5.49. The van der Waals surface area contributed by atoms with Crippen LogP contribution in [0.1, 0.15) is 18.4 Å². The number of methoxy groups -OCH3 is 1. The summed E-state index contributed by atoms with van der Waals surface area (Å²) in [6.45, 7) is 4.05. The first kappa shape index (κ1) is 13.0. The molecule has 2 heterocycles. The summed E-state index contributed by atoms with van der Waals surface area (Å²) in [5.74, 6) is 0.687. The predicted molar refractivity (Wildman–Crippen MR) is 68.4 cm³/mol. The number of aryl methyl sites for hydroxylation is 1. The van der Waals surface area contributed by atoms with E-state index < -0.39 is 5.41 Å². The minimum atomic E-state index is -0.433. The Morgan fingerprint density at radius 2 is 2.28 bits per heavy atom. The van der Waals surface area contributed by atoms with E-state index in [1.54, 1.807) is 13.3 Å². The largest absolute Gasteiger partial charge is 0.384 e. The van der Waals surface area contributed by atoms with Gasteiger partial charge in [0.25, 0.3) is 0 Å². The van der Waals surface area contributed by atoms with Crippen LogP contribution in [0.2, 0.25) is 0 Å². The van der Waals surface area contributed by atoms with Crippen molar-refractivity contribution in [2.24, 2.45) is 5.41 Å². The van der Waals surface area contributed by atoms with Crippen LogP contribution >= 0.6 is 0 Å². The Bertz CT molecular complexity index is 404. The molecule has 0 saturated carbocycles. The van der Waals surface area contributed by atoms with Crippen molar-refractivity contribution in [2.45, 2.75) is 19.8 Å². The van der Waals surface area contributed by atoms with E-state index in [0.717, 1.165) is 31.5 Å². The molecular formula is C12H20N4O2. The maximum atomic E-state index is 12.5. The lowest BCUT2D eigenvalue weighted by atomic mass is 9.78. The SMILES string of the molecule is COCC1(C(=O)Nc2[nH]ncc2C)CCNCC1. The molecule has 1 fully saturated rings. The second-order valence-electron chi connectivity index (χ2n) is 4.85. The third-order valence-electron chi connectivity index (χ3n) is 3.53. The van der Waals surface area contributed by atoms with Crippen molar-refractivity contribution in [3.63, 3.8) is 0 Å². The Hall–Kier alpha value is -1.40. The summed E-state index contributed by atoms with van der Waals surface area (Å²) in [4.78, 5) is 12.5. The van der Waals surface area contributed by atoms with Crippen LogP contribution < -0.4 is 10.6 Å². The highest BCUT2D eigenvalue weighted by Gasteiger charge is 2.39. The Morgan fingerprint density at radius 1 is 1.56 bits per heavy atom. The molecule has 0 bridgehead atoms. The summed E-state index contributed by atoms with van der Waals surface area (Å²) in [6, 6.07) is 0. The molecular weight excluding hydrogens is 232 g/mol. The summed E-state index contributed by atoms with van der Waals surface area (Å²) < 4.78 is 5.24. The van der Waals surface area contributed by atoms with E-state index in [1.165, 1.54) is 0 Å². The van der Waals surface area contributed by atoms with E-state index in [1.807, 2.05) is 6.92 Å². The molecule has 1 aromatic rings. The maximum Gasteiger partial charge on any atom is 0.234 e. The summed E-state index contributed by atoms with van der Waals surface area (Å²) >= 11 is 0. The van der Waals surface area contributed by atoms with Crippen molar-refractivity contribution >= 4 is 11.7 Å². The number of hydrogen-bond donors (Lipinski definition) is 3. The van der Waals surface area contributed by atoms with Crippen LogP contribution in [0.5, 0.6) is 0 Å². The van der Waals surface area contributed by atoms with Crippen molar-refractivity contribution in [2.75, 3.05) is 32.1 Å². The van der Waals surface area contributed by atoms with Crippen LogP contribution in [-0.4, -0.2) is 42.9 Å². The molecule has 0 spiro atoms. The molecule has 3 N–H and O–H groups in total. The van der Waals surface area contributed by atoms with Crippen molar-refractivity contribution in [3.05, 3.63) is 11.8 Å². The number of H-pyrrole nitrogens is 1. The maximum absolute atomic E-state index is 12.5. The summed E-state index contributed by atoms with van der Waals surface area (Å²) in [5.41, 5.74) is 0.502. The number of aromatic amines is 1. The van der Waals surface area contributed by atoms with E-state index in [2.05, 4.69) is 20.8 Å². The zero-order valence-electron chi connectivity index (χ0n) is 10.9. The van der Waals surface area contributed by atoms with Crippen molar-refractivity contribution in [3.8, 4) is 0 Å². The van der Waals surface area contributed by atoms with Crippen LogP contribution in [0.3, 0.4) is 0 Å². The van der Waals surface area contributed by atoms with Crippen LogP contribution in [0.4, 0.5) is 5.82 Å². The Morgan fingerprint density at radius 3 is 2.83 bits per heavy atom. The highest BCUT2D eigenvalue weighted by molar-refractivity contribution is 5.95. The Kier molecular flexibility index (Phi) is 3.98. The molecule has 1 saturated heterocycles. The third-order valence-corrected chi connectivity index (χ3v) is 3.53. The zero-order valence-corrected chi connectivity index (χ0v) is 10.9. The van der Waals surface area contributed by atoms with Crippen LogP contribution in [0.25, 0.3) is 0 Å². The normalized spacial score (nSPS) is 18.6. The molecule has 18 heavy (non-hydrogen) atoms. The first-order valence-corrected chi connectivity index (χ1v) is 6.19. The Balaban J connectivity index is 2.11. The van der Waals surface area contributed by atoms with Gasteiger partial charge >= 0.3 is 0 Å². The Labute approximate surface area is 106 Å². The molecule has 0 radical (unpaired) electrons. The topological polar surface area (TPSA) is 79.0 Å². The number of ether oxygens (including phenoxy) is 1. The van der Waals surface area contributed by atoms with E-state index in [4.69, 9.17) is 4.74 Å². The van der Waals surface area contributed by atoms with E-state index >= 15 is 0 Å². The number of nitrogens with one attached hydrogen (secondary N) is 3. The van der Waals surface area contributed by atoms with Crippen LogP contribution in [0, 0.1) is 12.3 Å². The van der Waals surface area contributed by atoms with Gasteiger partial charge in [0.1, 0.15) is 5.82 Å². The van der Waals surface area contributed by atoms with E-state index in [9.17, 15) is 4.79 Å². The van der Waals surface area contributed by atoms with Gasteiger partial charge < -0.3 is 15.4 Å². The fourth-order valence-electron chi connectivity index (χ4n) is 2.34. The van der Waals surface area contributed by atoms with Gasteiger partial charge in [-0.05, 0) is 32.9 Å². The molecule has 0 aromatic carbocycles. The van der Waals surface area contributed by atoms with Gasteiger partial charge in [-0.2, -0.15) is 5.10 Å². The molecule has 2 rings (SSSR count). The number of amides is 1. The lowest BCUT2D eigenvalue weighted by Gasteiger charge is -2.35. The molecule has 0 unspecified atom stereocenters. The molecule has 0 aliphatic carbocycles. The molecule has 1 aliphatic rings. The summed E-state index contributed by atoms with van der Waals surface area (Å²) in [5, 5.41) is 12.9. The number of carbonyl (C=O) groups excluding carboxylic acids is 1. The van der Waals surface area contributed by atoms with Crippen molar-refractivity contribution in [1.82, 2.24) is 15.5 Å². The van der Waals surface area contributed by atoms with Crippen molar-refractivity contribution in [1.29, 1.82) is 0 Å². The summed E-state index contributed by atoms with van der Waals surface area (Å²) in [7, 11) is 1.64. The molecule has 1 amide bonds. The first-order valence-electron chi connectivity index (χ1n) is 6.19. The lowest BCUT2D eigenvalue weighted by Crippen LogP contribution is -2.47. The molecule has 6 heteroatoms. The minimum absolute atomic E-state index is 0.0122. The number of nitrogens with zero attached hydrogens (tertiary/aromatic N) is 1. The lowest BCUT2D eigenvalue weighted by molar-refractivity contribution is -0.130. The van der Waals surface area contributed by atoms with E-state index in [0.29, 0.717) is 12.4 Å². The smallest absolute Gasteiger partial charge is 0.234 e. The van der Waals surface area contributed by atoms with Gasteiger partial charge in [0.15, 0.2) is 0 Å². The number of anilines is 1.